The van der Waals surface area contributed by atoms with Gasteiger partial charge in [-0.05, 0) is 37.5 Å². The third-order valence-corrected chi connectivity index (χ3v) is 4.04. The SMILES string of the molecule is COc1ccc([C@H](C)NC(=O)CN2CCCCC2=O)cc1OC. The Balaban J connectivity index is 1.96. The van der Waals surface area contributed by atoms with Crippen LogP contribution in [0.5, 0.6) is 11.5 Å². The predicted molar refractivity (Wildman–Crippen MR) is 86.5 cm³/mol. The highest BCUT2D eigenvalue weighted by Crippen LogP contribution is 2.29. The minimum atomic E-state index is -0.179. The van der Waals surface area contributed by atoms with Gasteiger partial charge in [-0.3, -0.25) is 9.59 Å². The highest BCUT2D eigenvalue weighted by Gasteiger charge is 2.21. The van der Waals surface area contributed by atoms with Crippen LogP contribution in [-0.4, -0.2) is 44.0 Å². The Morgan fingerprint density at radius 2 is 2.00 bits per heavy atom. The summed E-state index contributed by atoms with van der Waals surface area (Å²) in [5.41, 5.74) is 0.918. The molecule has 6 nitrogen and oxygen atoms in total. The van der Waals surface area contributed by atoms with Gasteiger partial charge in [0, 0.05) is 13.0 Å². The van der Waals surface area contributed by atoms with Gasteiger partial charge < -0.3 is 19.7 Å². The number of benzene rings is 1. The lowest BCUT2D eigenvalue weighted by Crippen LogP contribution is -2.43. The number of hydrogen-bond acceptors (Lipinski definition) is 4. The summed E-state index contributed by atoms with van der Waals surface area (Å²) in [6, 6.07) is 5.36. The molecule has 1 N–H and O–H groups in total. The number of piperidine rings is 1. The Morgan fingerprint density at radius 1 is 1.26 bits per heavy atom. The normalized spacial score (nSPS) is 16.0. The van der Waals surface area contributed by atoms with Crippen molar-refractivity contribution >= 4 is 11.8 Å². The molecule has 0 radical (unpaired) electrons. The van der Waals surface area contributed by atoms with Gasteiger partial charge in [-0.25, -0.2) is 0 Å². The number of amides is 2. The van der Waals surface area contributed by atoms with Gasteiger partial charge in [0.2, 0.25) is 11.8 Å². The Hall–Kier alpha value is -2.24. The first-order valence-electron chi connectivity index (χ1n) is 7.84. The molecule has 126 valence electrons. The summed E-state index contributed by atoms with van der Waals surface area (Å²) >= 11 is 0. The van der Waals surface area contributed by atoms with Crippen molar-refractivity contribution in [1.82, 2.24) is 10.2 Å². The van der Waals surface area contributed by atoms with Gasteiger partial charge in [-0.2, -0.15) is 0 Å². The summed E-state index contributed by atoms with van der Waals surface area (Å²) in [4.78, 5) is 25.5. The predicted octanol–water partition coefficient (Wildman–Crippen LogP) is 1.89. The molecule has 0 saturated carbocycles. The first kappa shape index (κ1) is 17.1. The molecule has 1 fully saturated rings. The highest BCUT2D eigenvalue weighted by molar-refractivity contribution is 5.85. The van der Waals surface area contributed by atoms with Crippen LogP contribution < -0.4 is 14.8 Å². The molecule has 0 aliphatic carbocycles. The molecule has 1 saturated heterocycles. The molecule has 1 atom stereocenters. The van der Waals surface area contributed by atoms with E-state index < -0.39 is 0 Å². The second-order valence-corrected chi connectivity index (χ2v) is 5.68. The van der Waals surface area contributed by atoms with Crippen molar-refractivity contribution in [2.75, 3.05) is 27.3 Å². The van der Waals surface area contributed by atoms with E-state index in [1.165, 1.54) is 0 Å². The zero-order chi connectivity index (χ0) is 16.8. The van der Waals surface area contributed by atoms with Gasteiger partial charge >= 0.3 is 0 Å². The zero-order valence-electron chi connectivity index (χ0n) is 13.9. The van der Waals surface area contributed by atoms with Gasteiger partial charge in [-0.1, -0.05) is 6.07 Å². The van der Waals surface area contributed by atoms with Crippen molar-refractivity contribution in [1.29, 1.82) is 0 Å². The van der Waals surface area contributed by atoms with E-state index >= 15 is 0 Å². The lowest BCUT2D eigenvalue weighted by Gasteiger charge is -2.26. The van der Waals surface area contributed by atoms with Crippen LogP contribution in [0.25, 0.3) is 0 Å². The number of carbonyl (C=O) groups excluding carboxylic acids is 2. The topological polar surface area (TPSA) is 67.9 Å². The number of methoxy groups -OCH3 is 2. The summed E-state index contributed by atoms with van der Waals surface area (Å²) in [6.07, 6.45) is 2.42. The molecule has 1 aliphatic rings. The average molecular weight is 320 g/mol. The minimum Gasteiger partial charge on any atom is -0.493 e. The Morgan fingerprint density at radius 3 is 2.65 bits per heavy atom. The van der Waals surface area contributed by atoms with E-state index in [0.717, 1.165) is 18.4 Å². The van der Waals surface area contributed by atoms with Crippen LogP contribution >= 0.6 is 0 Å². The fraction of sp³-hybridized carbons (Fsp3) is 0.529. The molecule has 0 spiro atoms. The fourth-order valence-corrected chi connectivity index (χ4v) is 2.69. The molecule has 1 heterocycles. The third kappa shape index (κ3) is 4.37. The second-order valence-electron chi connectivity index (χ2n) is 5.68. The summed E-state index contributed by atoms with van der Waals surface area (Å²) in [5.74, 6) is 1.18. The van der Waals surface area contributed by atoms with Gasteiger partial charge in [0.25, 0.3) is 0 Å². The van der Waals surface area contributed by atoms with Crippen LogP contribution in [0.2, 0.25) is 0 Å². The van der Waals surface area contributed by atoms with E-state index in [4.69, 9.17) is 9.47 Å². The molecule has 6 heteroatoms. The van der Waals surface area contributed by atoms with E-state index in [1.54, 1.807) is 19.1 Å². The molecule has 0 bridgehead atoms. The summed E-state index contributed by atoms with van der Waals surface area (Å²) in [6.45, 7) is 2.69. The highest BCUT2D eigenvalue weighted by atomic mass is 16.5. The maximum absolute atomic E-state index is 12.2. The van der Waals surface area contributed by atoms with E-state index in [-0.39, 0.29) is 24.4 Å². The lowest BCUT2D eigenvalue weighted by molar-refractivity contribution is -0.138. The van der Waals surface area contributed by atoms with Crippen LogP contribution in [0.4, 0.5) is 0 Å². The number of hydrogen-bond donors (Lipinski definition) is 1. The largest absolute Gasteiger partial charge is 0.493 e. The standard InChI is InChI=1S/C17H24N2O4/c1-12(13-7-8-14(22-2)15(10-13)23-3)18-16(20)11-19-9-5-4-6-17(19)21/h7-8,10,12H,4-6,9,11H2,1-3H3,(H,18,20)/t12-/m0/s1. The first-order valence-corrected chi connectivity index (χ1v) is 7.84. The van der Waals surface area contributed by atoms with E-state index in [0.29, 0.717) is 24.5 Å². The monoisotopic (exact) mass is 320 g/mol. The molecule has 1 aromatic rings. The second kappa shape index (κ2) is 7.85. The van der Waals surface area contributed by atoms with Crippen molar-refractivity contribution < 1.29 is 19.1 Å². The Labute approximate surface area is 136 Å². The molecule has 2 rings (SSSR count). The molecular formula is C17H24N2O4. The van der Waals surface area contributed by atoms with Crippen molar-refractivity contribution in [3.05, 3.63) is 23.8 Å². The van der Waals surface area contributed by atoms with E-state index in [9.17, 15) is 9.59 Å². The minimum absolute atomic E-state index is 0.0603. The maximum Gasteiger partial charge on any atom is 0.240 e. The van der Waals surface area contributed by atoms with Crippen molar-refractivity contribution in [2.45, 2.75) is 32.2 Å². The molecule has 23 heavy (non-hydrogen) atoms. The molecule has 1 aromatic carbocycles. The number of ether oxygens (including phenoxy) is 2. The van der Waals surface area contributed by atoms with Gasteiger partial charge in [0.15, 0.2) is 11.5 Å². The molecular weight excluding hydrogens is 296 g/mol. The molecule has 1 aliphatic heterocycles. The molecule has 2 amide bonds. The van der Waals surface area contributed by atoms with Crippen LogP contribution in [-0.2, 0) is 9.59 Å². The van der Waals surface area contributed by atoms with Crippen LogP contribution in [0.15, 0.2) is 18.2 Å². The lowest BCUT2D eigenvalue weighted by atomic mass is 10.1. The van der Waals surface area contributed by atoms with E-state index in [1.807, 2.05) is 25.1 Å². The van der Waals surface area contributed by atoms with Gasteiger partial charge in [0.1, 0.15) is 0 Å². The van der Waals surface area contributed by atoms with Gasteiger partial charge in [0.05, 0.1) is 26.8 Å². The number of rotatable bonds is 6. The summed E-state index contributed by atoms with van der Waals surface area (Å²) in [5, 5.41) is 2.92. The number of nitrogens with one attached hydrogen (secondary N) is 1. The van der Waals surface area contributed by atoms with Crippen molar-refractivity contribution in [3.63, 3.8) is 0 Å². The third-order valence-electron chi connectivity index (χ3n) is 4.04. The average Bonchev–Trinajstić information content (AvgIpc) is 2.56. The number of nitrogens with zero attached hydrogens (tertiary/aromatic N) is 1. The molecule has 0 aromatic heterocycles. The molecule has 0 unspecified atom stereocenters. The van der Waals surface area contributed by atoms with Crippen molar-refractivity contribution in [3.8, 4) is 11.5 Å². The van der Waals surface area contributed by atoms with Crippen LogP contribution in [0.1, 0.15) is 37.8 Å². The number of carbonyl (C=O) groups is 2. The zero-order valence-corrected chi connectivity index (χ0v) is 13.9. The first-order chi connectivity index (χ1) is 11.0. The van der Waals surface area contributed by atoms with Gasteiger partial charge in [-0.15, -0.1) is 0 Å². The Bertz CT molecular complexity index is 574. The maximum atomic E-state index is 12.2. The van der Waals surface area contributed by atoms with Crippen molar-refractivity contribution in [2.24, 2.45) is 0 Å². The summed E-state index contributed by atoms with van der Waals surface area (Å²) in [7, 11) is 3.16. The quantitative estimate of drug-likeness (QED) is 0.869. The smallest absolute Gasteiger partial charge is 0.240 e. The fourth-order valence-electron chi connectivity index (χ4n) is 2.69. The van der Waals surface area contributed by atoms with Crippen LogP contribution in [0, 0.1) is 0 Å². The number of likely N-dealkylation sites (tertiary alicyclic amines) is 1. The Kier molecular flexibility index (Phi) is 5.84. The van der Waals surface area contributed by atoms with E-state index in [2.05, 4.69) is 5.32 Å². The van der Waals surface area contributed by atoms with Crippen LogP contribution in [0.3, 0.4) is 0 Å². The summed E-state index contributed by atoms with van der Waals surface area (Å²) < 4.78 is 10.5.